The first-order valence-electron chi connectivity index (χ1n) is 9.64. The lowest BCUT2D eigenvalue weighted by molar-refractivity contribution is 0.0521. The molecular weight excluding hydrogens is 346 g/mol. The number of carbonyl (C=O) groups is 1. The zero-order valence-corrected chi connectivity index (χ0v) is 16.0. The fourth-order valence-corrected chi connectivity index (χ4v) is 4.96. The van der Waals surface area contributed by atoms with Crippen LogP contribution in [0.2, 0.25) is 0 Å². The Labute approximate surface area is 158 Å². The van der Waals surface area contributed by atoms with Crippen LogP contribution in [0.25, 0.3) is 10.9 Å². The quantitative estimate of drug-likeness (QED) is 0.819. The highest BCUT2D eigenvalue weighted by atomic mass is 32.1. The van der Waals surface area contributed by atoms with E-state index < -0.39 is 0 Å². The third-order valence-electron chi connectivity index (χ3n) is 6.12. The lowest BCUT2D eigenvalue weighted by Gasteiger charge is -2.41. The molecule has 4 rings (SSSR count). The molecule has 138 valence electrons. The van der Waals surface area contributed by atoms with Crippen molar-refractivity contribution in [1.82, 2.24) is 14.5 Å². The topological polar surface area (TPSA) is 58.1 Å². The Kier molecular flexibility index (Phi) is 4.69. The lowest BCUT2D eigenvalue weighted by Crippen LogP contribution is -2.44. The molecule has 1 N–H and O–H groups in total. The molecule has 0 unspecified atom stereocenters. The van der Waals surface area contributed by atoms with Crippen LogP contribution in [0.1, 0.15) is 49.4 Å². The summed E-state index contributed by atoms with van der Waals surface area (Å²) < 4.78 is 1.94. The molecule has 26 heavy (non-hydrogen) atoms. The highest BCUT2D eigenvalue weighted by Crippen LogP contribution is 2.36. The van der Waals surface area contributed by atoms with E-state index in [1.54, 1.807) is 18.2 Å². The summed E-state index contributed by atoms with van der Waals surface area (Å²) in [5, 5.41) is 0.572. The molecule has 0 bridgehead atoms. The van der Waals surface area contributed by atoms with Crippen LogP contribution >= 0.6 is 12.2 Å². The van der Waals surface area contributed by atoms with Gasteiger partial charge in [0.2, 0.25) is 0 Å². The van der Waals surface area contributed by atoms with Crippen LogP contribution in [0, 0.1) is 16.6 Å². The van der Waals surface area contributed by atoms with Crippen molar-refractivity contribution in [3.8, 4) is 0 Å². The maximum Gasteiger partial charge on any atom is 0.262 e. The van der Waals surface area contributed by atoms with E-state index in [-0.39, 0.29) is 11.5 Å². The number of piperidine rings is 1. The van der Waals surface area contributed by atoms with Crippen LogP contribution in [0.4, 0.5) is 0 Å². The molecule has 1 aromatic heterocycles. The van der Waals surface area contributed by atoms with E-state index in [9.17, 15) is 9.59 Å². The minimum Gasteiger partial charge on any atom is -0.338 e. The number of aromatic nitrogens is 2. The maximum absolute atomic E-state index is 13.0. The average Bonchev–Trinajstić information content (AvgIpc) is 2.67. The van der Waals surface area contributed by atoms with Gasteiger partial charge in [-0.25, -0.2) is 0 Å². The molecule has 0 spiro atoms. The fraction of sp³-hybridized carbons (Fsp3) is 0.550. The van der Waals surface area contributed by atoms with E-state index in [0.717, 1.165) is 25.4 Å². The van der Waals surface area contributed by atoms with E-state index >= 15 is 0 Å². The van der Waals surface area contributed by atoms with Gasteiger partial charge in [0.05, 0.1) is 10.9 Å². The summed E-state index contributed by atoms with van der Waals surface area (Å²) in [6.45, 7) is 4.13. The number of likely N-dealkylation sites (tertiary alicyclic amines) is 1. The molecular formula is C20H25N3O2S. The number of hydrogen-bond acceptors (Lipinski definition) is 3. The van der Waals surface area contributed by atoms with Crippen molar-refractivity contribution < 1.29 is 4.79 Å². The monoisotopic (exact) mass is 371 g/mol. The van der Waals surface area contributed by atoms with Crippen molar-refractivity contribution in [2.75, 3.05) is 13.1 Å². The van der Waals surface area contributed by atoms with Crippen molar-refractivity contribution in [1.29, 1.82) is 0 Å². The number of carbonyl (C=O) groups excluding carboxylic acids is 1. The van der Waals surface area contributed by atoms with Gasteiger partial charge in [-0.3, -0.25) is 14.2 Å². The summed E-state index contributed by atoms with van der Waals surface area (Å²) in [5.41, 5.74) is 1.17. The first kappa shape index (κ1) is 17.5. The van der Waals surface area contributed by atoms with Crippen molar-refractivity contribution in [2.45, 2.75) is 45.6 Å². The summed E-state index contributed by atoms with van der Waals surface area (Å²) in [6, 6.07) is 5.30. The fourth-order valence-electron chi connectivity index (χ4n) is 4.64. The van der Waals surface area contributed by atoms with Gasteiger partial charge in [-0.05, 0) is 62.0 Å². The Bertz CT molecular complexity index is 962. The molecule has 1 aromatic carbocycles. The van der Waals surface area contributed by atoms with Crippen LogP contribution in [-0.4, -0.2) is 33.4 Å². The van der Waals surface area contributed by atoms with Gasteiger partial charge < -0.3 is 9.88 Å². The maximum atomic E-state index is 13.0. The van der Waals surface area contributed by atoms with Gasteiger partial charge in [0, 0.05) is 25.2 Å². The zero-order valence-electron chi connectivity index (χ0n) is 15.2. The van der Waals surface area contributed by atoms with E-state index in [1.165, 1.54) is 30.3 Å². The number of amides is 1. The Morgan fingerprint density at radius 3 is 2.77 bits per heavy atom. The van der Waals surface area contributed by atoms with Gasteiger partial charge in [-0.15, -0.1) is 0 Å². The number of aromatic amines is 1. The van der Waals surface area contributed by atoms with E-state index in [1.807, 2.05) is 11.8 Å². The number of nitrogens with one attached hydrogen (secondary N) is 1. The molecule has 1 aliphatic carbocycles. The van der Waals surface area contributed by atoms with Gasteiger partial charge in [0.25, 0.3) is 11.5 Å². The molecule has 0 radical (unpaired) electrons. The Hall–Kier alpha value is -1.95. The number of rotatable bonds is 2. The van der Waals surface area contributed by atoms with Gasteiger partial charge in [-0.1, -0.05) is 19.3 Å². The number of H-pyrrole nitrogens is 1. The van der Waals surface area contributed by atoms with E-state index in [2.05, 4.69) is 4.98 Å². The predicted octanol–water partition coefficient (Wildman–Crippen LogP) is 3.73. The standard InChI is InChI=1S/C20H25N3O2S/c1-2-23-19(25)16-8-7-14(11-17(16)21-20(23)26)18(24)22-10-9-13-5-3-4-6-15(13)12-22/h7-8,11,13,15H,2-6,9-10,12H2,1H3,(H,21,26)/t13-,15-/m1/s1. The number of nitrogens with zero attached hydrogens (tertiary/aromatic N) is 2. The molecule has 6 heteroatoms. The molecule has 2 aromatic rings. The average molecular weight is 372 g/mol. The summed E-state index contributed by atoms with van der Waals surface area (Å²) in [7, 11) is 0. The predicted molar refractivity (Wildman–Crippen MR) is 105 cm³/mol. The third-order valence-corrected chi connectivity index (χ3v) is 6.45. The first-order chi connectivity index (χ1) is 12.6. The zero-order chi connectivity index (χ0) is 18.3. The normalized spacial score (nSPS) is 23.0. The second kappa shape index (κ2) is 6.99. The summed E-state index contributed by atoms with van der Waals surface area (Å²) >= 11 is 5.28. The van der Waals surface area contributed by atoms with E-state index in [4.69, 9.17) is 12.2 Å². The molecule has 1 saturated carbocycles. The minimum absolute atomic E-state index is 0.0647. The van der Waals surface area contributed by atoms with Crippen LogP contribution in [0.3, 0.4) is 0 Å². The lowest BCUT2D eigenvalue weighted by atomic mass is 9.75. The van der Waals surface area contributed by atoms with Gasteiger partial charge in [0.15, 0.2) is 4.77 Å². The van der Waals surface area contributed by atoms with Crippen molar-refractivity contribution >= 4 is 29.0 Å². The summed E-state index contributed by atoms with van der Waals surface area (Å²) in [4.78, 5) is 30.6. The van der Waals surface area contributed by atoms with E-state index in [0.29, 0.717) is 33.7 Å². The molecule has 2 aliphatic rings. The second-order valence-corrected chi connectivity index (χ2v) is 7.97. The Morgan fingerprint density at radius 1 is 1.23 bits per heavy atom. The van der Waals surface area contributed by atoms with Gasteiger partial charge >= 0.3 is 0 Å². The van der Waals surface area contributed by atoms with Crippen molar-refractivity contribution in [2.24, 2.45) is 11.8 Å². The number of fused-ring (bicyclic) bond motifs is 2. The Morgan fingerprint density at radius 2 is 2.00 bits per heavy atom. The van der Waals surface area contributed by atoms with Crippen LogP contribution in [0.5, 0.6) is 0 Å². The smallest absolute Gasteiger partial charge is 0.262 e. The number of benzene rings is 1. The third kappa shape index (κ3) is 3.00. The second-order valence-electron chi connectivity index (χ2n) is 7.58. The van der Waals surface area contributed by atoms with Crippen LogP contribution in [-0.2, 0) is 6.54 Å². The minimum atomic E-state index is -0.103. The van der Waals surface area contributed by atoms with Gasteiger partial charge in [0.1, 0.15) is 0 Å². The van der Waals surface area contributed by atoms with Gasteiger partial charge in [-0.2, -0.15) is 0 Å². The summed E-state index contributed by atoms with van der Waals surface area (Å²) in [5.74, 6) is 1.52. The number of hydrogen-bond donors (Lipinski definition) is 1. The molecule has 5 nitrogen and oxygen atoms in total. The molecule has 1 saturated heterocycles. The molecule has 2 fully saturated rings. The highest BCUT2D eigenvalue weighted by molar-refractivity contribution is 7.71. The summed E-state index contributed by atoms with van der Waals surface area (Å²) in [6.07, 6.45) is 6.32. The molecule has 2 atom stereocenters. The molecule has 1 aliphatic heterocycles. The van der Waals surface area contributed by atoms with Crippen molar-refractivity contribution in [3.05, 3.63) is 38.9 Å². The SMILES string of the molecule is CCn1c(=S)[nH]c2cc(C(=O)N3CC[C@H]4CCCC[C@@H]4C3)ccc2c1=O. The van der Waals surface area contributed by atoms with Crippen LogP contribution in [0.15, 0.2) is 23.0 Å². The first-order valence-corrected chi connectivity index (χ1v) is 10.1. The highest BCUT2D eigenvalue weighted by Gasteiger charge is 2.33. The molecule has 1 amide bonds. The Balaban J connectivity index is 1.63. The molecule has 2 heterocycles. The van der Waals surface area contributed by atoms with Crippen molar-refractivity contribution in [3.63, 3.8) is 0 Å². The largest absolute Gasteiger partial charge is 0.338 e. The van der Waals surface area contributed by atoms with Crippen LogP contribution < -0.4 is 5.56 Å².